The van der Waals surface area contributed by atoms with Crippen molar-refractivity contribution in [3.63, 3.8) is 0 Å². The second-order valence-electron chi connectivity index (χ2n) is 4.71. The molecule has 1 heterocycles. The van der Waals surface area contributed by atoms with E-state index < -0.39 is 0 Å². The molecule has 0 saturated carbocycles. The molecule has 0 saturated heterocycles. The summed E-state index contributed by atoms with van der Waals surface area (Å²) in [6.45, 7) is 0.0126. The SMILES string of the molecule is CN(c1ccccc1)c1cc(CO)c2ccccc2n1. The number of aromatic nitrogens is 1. The molecule has 0 spiro atoms. The number of hydrogen-bond donors (Lipinski definition) is 1. The van der Waals surface area contributed by atoms with Crippen LogP contribution >= 0.6 is 0 Å². The molecule has 1 N–H and O–H groups in total. The molecule has 1 aromatic heterocycles. The van der Waals surface area contributed by atoms with Gasteiger partial charge in [0.05, 0.1) is 12.1 Å². The van der Waals surface area contributed by atoms with Gasteiger partial charge in [-0.2, -0.15) is 0 Å². The van der Waals surface area contributed by atoms with Gasteiger partial charge in [-0.1, -0.05) is 36.4 Å². The van der Waals surface area contributed by atoms with Gasteiger partial charge in [0.1, 0.15) is 5.82 Å². The minimum absolute atomic E-state index is 0.0126. The fraction of sp³-hybridized carbons (Fsp3) is 0.118. The van der Waals surface area contributed by atoms with Crippen LogP contribution in [0.3, 0.4) is 0 Å². The Labute approximate surface area is 118 Å². The second-order valence-corrected chi connectivity index (χ2v) is 4.71. The van der Waals surface area contributed by atoms with E-state index in [-0.39, 0.29) is 6.61 Å². The van der Waals surface area contributed by atoms with E-state index in [0.29, 0.717) is 0 Å². The molecule has 3 rings (SSSR count). The van der Waals surface area contributed by atoms with Crippen molar-refractivity contribution in [2.24, 2.45) is 0 Å². The highest BCUT2D eigenvalue weighted by Gasteiger charge is 2.09. The maximum absolute atomic E-state index is 9.57. The van der Waals surface area contributed by atoms with Crippen molar-refractivity contribution >= 4 is 22.4 Å². The summed E-state index contributed by atoms with van der Waals surface area (Å²) >= 11 is 0. The first-order valence-corrected chi connectivity index (χ1v) is 6.58. The number of nitrogens with zero attached hydrogens (tertiary/aromatic N) is 2. The van der Waals surface area contributed by atoms with Crippen molar-refractivity contribution < 1.29 is 5.11 Å². The van der Waals surface area contributed by atoms with Gasteiger partial charge in [-0.25, -0.2) is 4.98 Å². The number of anilines is 2. The standard InChI is InChI=1S/C17H16N2O/c1-19(14-7-3-2-4-8-14)17-11-13(12-20)15-9-5-6-10-16(15)18-17/h2-11,20H,12H2,1H3. The fourth-order valence-electron chi connectivity index (χ4n) is 2.32. The molecule has 0 atom stereocenters. The zero-order valence-corrected chi connectivity index (χ0v) is 11.3. The molecule has 0 aliphatic carbocycles. The van der Waals surface area contributed by atoms with Crippen molar-refractivity contribution in [1.29, 1.82) is 0 Å². The van der Waals surface area contributed by atoms with Gasteiger partial charge in [-0.05, 0) is 29.8 Å². The number of fused-ring (bicyclic) bond motifs is 1. The molecule has 0 radical (unpaired) electrons. The molecule has 0 fully saturated rings. The van der Waals surface area contributed by atoms with E-state index in [1.165, 1.54) is 0 Å². The summed E-state index contributed by atoms with van der Waals surface area (Å²) in [6.07, 6.45) is 0. The number of pyridine rings is 1. The largest absolute Gasteiger partial charge is 0.392 e. The minimum Gasteiger partial charge on any atom is -0.392 e. The molecular weight excluding hydrogens is 248 g/mol. The number of aliphatic hydroxyl groups is 1. The van der Waals surface area contributed by atoms with Gasteiger partial charge < -0.3 is 10.0 Å². The quantitative estimate of drug-likeness (QED) is 0.786. The van der Waals surface area contributed by atoms with Gasteiger partial charge in [-0.3, -0.25) is 0 Å². The van der Waals surface area contributed by atoms with Gasteiger partial charge in [-0.15, -0.1) is 0 Å². The minimum atomic E-state index is 0.0126. The zero-order chi connectivity index (χ0) is 13.9. The number of hydrogen-bond acceptors (Lipinski definition) is 3. The van der Waals surface area contributed by atoms with Crippen LogP contribution < -0.4 is 4.90 Å². The Morgan fingerprint density at radius 3 is 2.45 bits per heavy atom. The van der Waals surface area contributed by atoms with E-state index in [1.807, 2.05) is 72.6 Å². The van der Waals surface area contributed by atoms with Crippen LogP contribution in [0.25, 0.3) is 10.9 Å². The van der Waals surface area contributed by atoms with Gasteiger partial charge in [0.2, 0.25) is 0 Å². The lowest BCUT2D eigenvalue weighted by atomic mass is 10.1. The Hall–Kier alpha value is -2.39. The monoisotopic (exact) mass is 264 g/mol. The maximum atomic E-state index is 9.57. The van der Waals surface area contributed by atoms with Crippen molar-refractivity contribution in [2.45, 2.75) is 6.61 Å². The van der Waals surface area contributed by atoms with Crippen LogP contribution in [0.5, 0.6) is 0 Å². The highest BCUT2D eigenvalue weighted by atomic mass is 16.3. The molecule has 0 amide bonds. The Bertz CT molecular complexity index is 725. The molecule has 0 bridgehead atoms. The summed E-state index contributed by atoms with van der Waals surface area (Å²) in [5.41, 5.74) is 2.87. The molecule has 3 heteroatoms. The first-order chi connectivity index (χ1) is 9.79. The Morgan fingerprint density at radius 1 is 1.00 bits per heavy atom. The number of aliphatic hydroxyl groups excluding tert-OH is 1. The lowest BCUT2D eigenvalue weighted by molar-refractivity contribution is 0.283. The lowest BCUT2D eigenvalue weighted by Crippen LogP contribution is -2.11. The zero-order valence-electron chi connectivity index (χ0n) is 11.3. The third-order valence-electron chi connectivity index (χ3n) is 3.45. The van der Waals surface area contributed by atoms with Crippen LogP contribution in [0, 0.1) is 0 Å². The van der Waals surface area contributed by atoms with Gasteiger partial charge >= 0.3 is 0 Å². The van der Waals surface area contributed by atoms with Crippen LogP contribution in [-0.4, -0.2) is 17.1 Å². The Balaban J connectivity index is 2.12. The average molecular weight is 264 g/mol. The molecule has 3 aromatic rings. The van der Waals surface area contributed by atoms with E-state index in [4.69, 9.17) is 0 Å². The molecule has 20 heavy (non-hydrogen) atoms. The predicted molar refractivity (Wildman–Crippen MR) is 82.2 cm³/mol. The highest BCUT2D eigenvalue weighted by molar-refractivity contribution is 5.84. The molecule has 3 nitrogen and oxygen atoms in total. The third kappa shape index (κ3) is 2.24. The molecule has 0 aliphatic rings. The van der Waals surface area contributed by atoms with E-state index in [1.54, 1.807) is 0 Å². The van der Waals surface area contributed by atoms with Crippen molar-refractivity contribution in [1.82, 2.24) is 4.98 Å². The van der Waals surface area contributed by atoms with Crippen LogP contribution in [0.15, 0.2) is 60.7 Å². The Kier molecular flexibility index (Phi) is 3.35. The second kappa shape index (κ2) is 5.31. The number of rotatable bonds is 3. The summed E-state index contributed by atoms with van der Waals surface area (Å²) in [5, 5.41) is 10.6. The van der Waals surface area contributed by atoms with Crippen LogP contribution in [0.2, 0.25) is 0 Å². The number of benzene rings is 2. The topological polar surface area (TPSA) is 36.4 Å². The molecule has 0 aliphatic heterocycles. The summed E-state index contributed by atoms with van der Waals surface area (Å²) in [6, 6.07) is 19.9. The van der Waals surface area contributed by atoms with E-state index in [9.17, 15) is 5.11 Å². The third-order valence-corrected chi connectivity index (χ3v) is 3.45. The van der Waals surface area contributed by atoms with E-state index in [2.05, 4.69) is 4.98 Å². The normalized spacial score (nSPS) is 10.7. The van der Waals surface area contributed by atoms with Gasteiger partial charge in [0.25, 0.3) is 0 Å². The van der Waals surface area contributed by atoms with Crippen molar-refractivity contribution in [3.05, 3.63) is 66.2 Å². The molecule has 100 valence electrons. The summed E-state index contributed by atoms with van der Waals surface area (Å²) < 4.78 is 0. The fourth-order valence-corrected chi connectivity index (χ4v) is 2.32. The molecule has 2 aromatic carbocycles. The van der Waals surface area contributed by atoms with Gasteiger partial charge in [0.15, 0.2) is 0 Å². The predicted octanol–water partition coefficient (Wildman–Crippen LogP) is 3.50. The highest BCUT2D eigenvalue weighted by Crippen LogP contribution is 2.26. The van der Waals surface area contributed by atoms with Gasteiger partial charge in [0, 0.05) is 18.1 Å². The number of para-hydroxylation sites is 2. The Morgan fingerprint density at radius 2 is 1.70 bits per heavy atom. The summed E-state index contributed by atoms with van der Waals surface area (Å²) in [4.78, 5) is 6.69. The van der Waals surface area contributed by atoms with Crippen LogP contribution in [0.4, 0.5) is 11.5 Å². The molecule has 0 unspecified atom stereocenters. The first-order valence-electron chi connectivity index (χ1n) is 6.58. The van der Waals surface area contributed by atoms with Crippen molar-refractivity contribution in [2.75, 3.05) is 11.9 Å². The van der Waals surface area contributed by atoms with E-state index >= 15 is 0 Å². The average Bonchev–Trinajstić information content (AvgIpc) is 2.54. The smallest absolute Gasteiger partial charge is 0.133 e. The van der Waals surface area contributed by atoms with Crippen LogP contribution in [-0.2, 0) is 6.61 Å². The lowest BCUT2D eigenvalue weighted by Gasteiger charge is -2.19. The van der Waals surface area contributed by atoms with E-state index in [0.717, 1.165) is 28.0 Å². The summed E-state index contributed by atoms with van der Waals surface area (Å²) in [7, 11) is 1.98. The maximum Gasteiger partial charge on any atom is 0.133 e. The van der Waals surface area contributed by atoms with Crippen molar-refractivity contribution in [3.8, 4) is 0 Å². The summed E-state index contributed by atoms with van der Waals surface area (Å²) in [5.74, 6) is 0.832. The molecular formula is C17H16N2O. The first kappa shape index (κ1) is 12.6. The van der Waals surface area contributed by atoms with Crippen LogP contribution in [0.1, 0.15) is 5.56 Å².